The van der Waals surface area contributed by atoms with Gasteiger partial charge in [0.15, 0.2) is 18.1 Å². The maximum absolute atomic E-state index is 12.8. The molecule has 0 fully saturated rings. The monoisotopic (exact) mass is 398 g/mol. The van der Waals surface area contributed by atoms with Gasteiger partial charge in [0.2, 0.25) is 6.79 Å². The lowest BCUT2D eigenvalue weighted by molar-refractivity contribution is 0.0556. The number of fused-ring (bicyclic) bond motifs is 3. The van der Waals surface area contributed by atoms with E-state index in [0.29, 0.717) is 5.56 Å². The lowest BCUT2D eigenvalue weighted by Crippen LogP contribution is -2.15. The molecule has 2 aromatic carbocycles. The molecule has 5 rings (SSSR count). The van der Waals surface area contributed by atoms with Gasteiger partial charge < -0.3 is 14.2 Å². The minimum absolute atomic E-state index is 0.236. The lowest BCUT2D eigenvalue weighted by atomic mass is 9.86. The summed E-state index contributed by atoms with van der Waals surface area (Å²) in [5.41, 5.74) is 5.01. The molecule has 1 aromatic heterocycles. The first kappa shape index (κ1) is 18.2. The Bertz CT molecular complexity index is 1240. The summed E-state index contributed by atoms with van der Waals surface area (Å²) in [6.07, 6.45) is 4.59. The van der Waals surface area contributed by atoms with Crippen molar-refractivity contribution < 1.29 is 19.0 Å². The number of hydrogen-bond acceptors (Lipinski definition) is 6. The molecule has 30 heavy (non-hydrogen) atoms. The summed E-state index contributed by atoms with van der Waals surface area (Å²) >= 11 is 0. The van der Waals surface area contributed by atoms with Crippen molar-refractivity contribution in [3.8, 4) is 17.6 Å². The molecular formula is C24H18N2O4. The molecule has 2 aliphatic rings. The highest BCUT2D eigenvalue weighted by Gasteiger charge is 2.26. The van der Waals surface area contributed by atoms with E-state index in [1.54, 1.807) is 0 Å². The summed E-state index contributed by atoms with van der Waals surface area (Å²) in [4.78, 5) is 17.7. The van der Waals surface area contributed by atoms with Crippen molar-refractivity contribution in [2.45, 2.75) is 19.3 Å². The largest absolute Gasteiger partial charge is 0.454 e. The quantitative estimate of drug-likeness (QED) is 0.604. The number of para-hydroxylation sites is 1. The van der Waals surface area contributed by atoms with E-state index in [0.717, 1.165) is 64.1 Å². The Labute approximate surface area is 173 Å². The molecule has 0 spiro atoms. The van der Waals surface area contributed by atoms with Crippen LogP contribution in [0.1, 0.15) is 40.0 Å². The highest BCUT2D eigenvalue weighted by Crippen LogP contribution is 2.38. The number of hydrogen-bond donors (Lipinski definition) is 0. The van der Waals surface area contributed by atoms with E-state index in [2.05, 4.69) is 6.08 Å². The molecule has 148 valence electrons. The average Bonchev–Trinajstić information content (AvgIpc) is 3.24. The Hall–Kier alpha value is -3.85. The highest BCUT2D eigenvalue weighted by atomic mass is 16.7. The number of nitriles is 1. The van der Waals surface area contributed by atoms with Crippen LogP contribution < -0.4 is 9.47 Å². The number of ether oxygens (including phenoxy) is 3. The van der Waals surface area contributed by atoms with Crippen LogP contribution in [0.25, 0.3) is 22.6 Å². The normalized spacial score (nSPS) is 15.6. The molecule has 0 radical (unpaired) electrons. The summed E-state index contributed by atoms with van der Waals surface area (Å²) in [5.74, 6) is 0.996. The highest BCUT2D eigenvalue weighted by molar-refractivity contribution is 6.06. The number of rotatable bonds is 3. The third kappa shape index (κ3) is 3.15. The lowest BCUT2D eigenvalue weighted by Gasteiger charge is -2.22. The number of allylic oxidation sites excluding steroid dienone is 1. The standard InChI is InChI=1S/C24H18N2O4/c25-10-11-28-24(27)22-17-5-1-2-7-19(17)26-23-16(4-3-6-18(22)23)12-15-8-9-20-21(13-15)30-14-29-20/h1-2,5,7-9,12-13H,3-4,6,11,14H2. The van der Waals surface area contributed by atoms with Gasteiger partial charge in [-0.15, -0.1) is 0 Å². The van der Waals surface area contributed by atoms with Crippen molar-refractivity contribution in [1.29, 1.82) is 5.26 Å². The Balaban J connectivity index is 1.65. The Morgan fingerprint density at radius 2 is 2.03 bits per heavy atom. The molecule has 1 aliphatic heterocycles. The molecule has 0 unspecified atom stereocenters. The van der Waals surface area contributed by atoms with Crippen molar-refractivity contribution >= 4 is 28.5 Å². The fourth-order valence-corrected chi connectivity index (χ4v) is 4.08. The van der Waals surface area contributed by atoms with E-state index in [9.17, 15) is 4.79 Å². The molecule has 3 aromatic rings. The number of benzene rings is 2. The zero-order valence-electron chi connectivity index (χ0n) is 16.2. The van der Waals surface area contributed by atoms with Crippen LogP contribution >= 0.6 is 0 Å². The maximum Gasteiger partial charge on any atom is 0.340 e. The number of carbonyl (C=O) groups excluding carboxylic acids is 1. The molecule has 0 N–H and O–H groups in total. The summed E-state index contributed by atoms with van der Waals surface area (Å²) in [7, 11) is 0. The van der Waals surface area contributed by atoms with Crippen LogP contribution in [0.3, 0.4) is 0 Å². The van der Waals surface area contributed by atoms with Crippen LogP contribution in [-0.2, 0) is 11.2 Å². The minimum Gasteiger partial charge on any atom is -0.454 e. The van der Waals surface area contributed by atoms with Gasteiger partial charge in [0, 0.05) is 5.39 Å². The van der Waals surface area contributed by atoms with Crippen LogP contribution in [0.2, 0.25) is 0 Å². The maximum atomic E-state index is 12.8. The molecule has 0 atom stereocenters. The number of carbonyl (C=O) groups is 1. The third-order valence-corrected chi connectivity index (χ3v) is 5.38. The van der Waals surface area contributed by atoms with Crippen LogP contribution in [0.4, 0.5) is 0 Å². The second-order valence-electron chi connectivity index (χ2n) is 7.20. The van der Waals surface area contributed by atoms with E-state index in [4.69, 9.17) is 24.5 Å². The van der Waals surface area contributed by atoms with Crippen LogP contribution in [-0.4, -0.2) is 24.4 Å². The van der Waals surface area contributed by atoms with Crippen molar-refractivity contribution in [2.75, 3.05) is 13.4 Å². The minimum atomic E-state index is -0.476. The van der Waals surface area contributed by atoms with E-state index in [1.165, 1.54) is 0 Å². The summed E-state index contributed by atoms with van der Waals surface area (Å²) in [5, 5.41) is 9.57. The van der Waals surface area contributed by atoms with Gasteiger partial charge in [-0.25, -0.2) is 9.78 Å². The molecule has 2 heterocycles. The predicted octanol–water partition coefficient (Wildman–Crippen LogP) is 4.52. The van der Waals surface area contributed by atoms with Crippen LogP contribution in [0.5, 0.6) is 11.5 Å². The molecule has 0 saturated heterocycles. The fraction of sp³-hybridized carbons (Fsp3) is 0.208. The van der Waals surface area contributed by atoms with E-state index in [-0.39, 0.29) is 13.4 Å². The van der Waals surface area contributed by atoms with Gasteiger partial charge in [-0.2, -0.15) is 5.26 Å². The Morgan fingerprint density at radius 1 is 1.17 bits per heavy atom. The summed E-state index contributed by atoms with van der Waals surface area (Å²) in [6, 6.07) is 15.2. The van der Waals surface area contributed by atoms with Gasteiger partial charge in [-0.1, -0.05) is 24.3 Å². The Kier molecular flexibility index (Phi) is 4.56. The Morgan fingerprint density at radius 3 is 2.93 bits per heavy atom. The zero-order chi connectivity index (χ0) is 20.5. The second kappa shape index (κ2) is 7.53. The predicted molar refractivity (Wildman–Crippen MR) is 111 cm³/mol. The molecule has 0 amide bonds. The average molecular weight is 398 g/mol. The number of esters is 1. The van der Waals surface area contributed by atoms with Crippen LogP contribution in [0.15, 0.2) is 42.5 Å². The van der Waals surface area contributed by atoms with Gasteiger partial charge in [0.1, 0.15) is 6.07 Å². The van der Waals surface area contributed by atoms with Gasteiger partial charge >= 0.3 is 5.97 Å². The van der Waals surface area contributed by atoms with E-state index < -0.39 is 5.97 Å². The molecule has 0 bridgehead atoms. The molecule has 6 heteroatoms. The smallest absolute Gasteiger partial charge is 0.340 e. The van der Waals surface area contributed by atoms with Gasteiger partial charge in [-0.05, 0) is 60.2 Å². The van der Waals surface area contributed by atoms with Crippen molar-refractivity contribution in [3.63, 3.8) is 0 Å². The number of pyridine rings is 1. The van der Waals surface area contributed by atoms with Crippen molar-refractivity contribution in [3.05, 3.63) is 64.8 Å². The zero-order valence-corrected chi connectivity index (χ0v) is 16.2. The summed E-state index contributed by atoms with van der Waals surface area (Å²) < 4.78 is 16.1. The van der Waals surface area contributed by atoms with Gasteiger partial charge in [0.05, 0.1) is 16.8 Å². The van der Waals surface area contributed by atoms with Crippen molar-refractivity contribution in [1.82, 2.24) is 4.98 Å². The molecule has 6 nitrogen and oxygen atoms in total. The third-order valence-electron chi connectivity index (χ3n) is 5.38. The fourth-order valence-electron chi connectivity index (χ4n) is 4.08. The van der Waals surface area contributed by atoms with E-state index >= 15 is 0 Å². The molecule has 1 aliphatic carbocycles. The van der Waals surface area contributed by atoms with Crippen LogP contribution in [0, 0.1) is 11.3 Å². The molecular weight excluding hydrogens is 380 g/mol. The van der Waals surface area contributed by atoms with E-state index in [1.807, 2.05) is 48.5 Å². The first-order valence-electron chi connectivity index (χ1n) is 9.81. The SMILES string of the molecule is N#CCOC(=O)c1c2c(nc3ccccc13)C(=Cc1ccc3c(c1)OCO3)CCC2. The summed E-state index contributed by atoms with van der Waals surface area (Å²) in [6.45, 7) is -0.0376. The first-order chi connectivity index (χ1) is 14.7. The van der Waals surface area contributed by atoms with Gasteiger partial charge in [-0.3, -0.25) is 0 Å². The van der Waals surface area contributed by atoms with Gasteiger partial charge in [0.25, 0.3) is 0 Å². The van der Waals surface area contributed by atoms with Crippen molar-refractivity contribution in [2.24, 2.45) is 0 Å². The second-order valence-corrected chi connectivity index (χ2v) is 7.20. The molecule has 0 saturated carbocycles. The topological polar surface area (TPSA) is 81.4 Å². The number of aromatic nitrogens is 1. The first-order valence-corrected chi connectivity index (χ1v) is 9.81. The number of nitrogens with zero attached hydrogens (tertiary/aromatic N) is 2.